The molecule has 4 rings (SSSR count). The van der Waals surface area contributed by atoms with Gasteiger partial charge in [-0.15, -0.1) is 0 Å². The third kappa shape index (κ3) is 4.53. The molecular formula is C23H27N5O3. The van der Waals surface area contributed by atoms with Crippen molar-refractivity contribution in [2.45, 2.75) is 51.6 Å². The van der Waals surface area contributed by atoms with E-state index in [2.05, 4.69) is 35.2 Å². The number of anilines is 1. The first-order valence-corrected chi connectivity index (χ1v) is 10.6. The number of carbonyl (C=O) groups is 1. The number of carbonyl (C=O) groups excluding carboxylic acids is 1. The lowest BCUT2D eigenvalue weighted by Gasteiger charge is -2.33. The minimum atomic E-state index is -1.03. The van der Waals surface area contributed by atoms with E-state index in [0.717, 1.165) is 24.8 Å². The van der Waals surface area contributed by atoms with Gasteiger partial charge in [-0.1, -0.05) is 19.9 Å². The number of ether oxygens (including phenoxy) is 1. The second-order valence-electron chi connectivity index (χ2n) is 9.05. The number of nitriles is 1. The molecule has 1 fully saturated rings. The Morgan fingerprint density at radius 1 is 1.29 bits per heavy atom. The van der Waals surface area contributed by atoms with E-state index in [0.29, 0.717) is 43.1 Å². The van der Waals surface area contributed by atoms with Crippen LogP contribution in [-0.4, -0.2) is 39.2 Å². The highest BCUT2D eigenvalue weighted by atomic mass is 16.5. The predicted molar refractivity (Wildman–Crippen MR) is 115 cm³/mol. The highest BCUT2D eigenvalue weighted by Gasteiger charge is 2.34. The van der Waals surface area contributed by atoms with Crippen LogP contribution in [0.25, 0.3) is 5.57 Å². The number of aromatic amines is 1. The van der Waals surface area contributed by atoms with Gasteiger partial charge in [-0.05, 0) is 42.4 Å². The van der Waals surface area contributed by atoms with Crippen molar-refractivity contribution in [2.75, 3.05) is 18.5 Å². The minimum absolute atomic E-state index is 0.0633. The van der Waals surface area contributed by atoms with Crippen LogP contribution in [0.4, 0.5) is 5.69 Å². The molecule has 2 aliphatic rings. The molecule has 0 aromatic carbocycles. The summed E-state index contributed by atoms with van der Waals surface area (Å²) in [6.45, 7) is 5.45. The summed E-state index contributed by atoms with van der Waals surface area (Å²) in [5, 5.41) is 23.0. The quantitative estimate of drug-likeness (QED) is 0.694. The van der Waals surface area contributed by atoms with Crippen LogP contribution in [0.5, 0.6) is 0 Å². The Morgan fingerprint density at radius 2 is 2.06 bits per heavy atom. The zero-order valence-corrected chi connectivity index (χ0v) is 17.9. The van der Waals surface area contributed by atoms with E-state index in [9.17, 15) is 9.90 Å². The van der Waals surface area contributed by atoms with Crippen molar-refractivity contribution in [3.63, 3.8) is 0 Å². The van der Waals surface area contributed by atoms with E-state index < -0.39 is 11.5 Å². The first-order valence-electron chi connectivity index (χ1n) is 10.6. The molecule has 3 N–H and O–H groups in total. The van der Waals surface area contributed by atoms with Crippen molar-refractivity contribution in [1.82, 2.24) is 15.0 Å². The second-order valence-corrected chi connectivity index (χ2v) is 9.05. The molecule has 1 aliphatic heterocycles. The first kappa shape index (κ1) is 21.2. The third-order valence-corrected chi connectivity index (χ3v) is 6.13. The van der Waals surface area contributed by atoms with Crippen molar-refractivity contribution >= 4 is 17.2 Å². The Bertz CT molecular complexity index is 1060. The highest BCUT2D eigenvalue weighted by molar-refractivity contribution is 6.03. The lowest BCUT2D eigenvalue weighted by molar-refractivity contribution is -0.0705. The van der Waals surface area contributed by atoms with Gasteiger partial charge in [0.25, 0.3) is 5.91 Å². The summed E-state index contributed by atoms with van der Waals surface area (Å²) in [7, 11) is 0. The van der Waals surface area contributed by atoms with Gasteiger partial charge in [0.2, 0.25) is 0 Å². The molecule has 1 aliphatic carbocycles. The number of amides is 1. The molecular weight excluding hydrogens is 394 g/mol. The second kappa shape index (κ2) is 8.25. The molecule has 0 saturated carbocycles. The number of imidazole rings is 1. The van der Waals surface area contributed by atoms with Gasteiger partial charge in [0.1, 0.15) is 17.4 Å². The molecule has 8 heteroatoms. The minimum Gasteiger partial charge on any atom is -0.383 e. The summed E-state index contributed by atoms with van der Waals surface area (Å²) in [6.07, 6.45) is 7.25. The maximum atomic E-state index is 12.7. The van der Waals surface area contributed by atoms with Crippen molar-refractivity contribution < 1.29 is 14.6 Å². The molecule has 3 heterocycles. The Morgan fingerprint density at radius 3 is 2.71 bits per heavy atom. The Kier molecular flexibility index (Phi) is 5.65. The van der Waals surface area contributed by atoms with Gasteiger partial charge in [-0.3, -0.25) is 4.79 Å². The van der Waals surface area contributed by atoms with Crippen LogP contribution in [0, 0.1) is 16.7 Å². The fourth-order valence-corrected chi connectivity index (χ4v) is 4.00. The van der Waals surface area contributed by atoms with Crippen molar-refractivity contribution in [3.05, 3.63) is 47.3 Å². The number of pyridine rings is 1. The molecule has 162 valence electrons. The molecule has 0 radical (unpaired) electrons. The lowest BCUT2D eigenvalue weighted by atomic mass is 9.77. The van der Waals surface area contributed by atoms with Gasteiger partial charge < -0.3 is 20.1 Å². The van der Waals surface area contributed by atoms with Gasteiger partial charge in [0.15, 0.2) is 5.82 Å². The van der Waals surface area contributed by atoms with Crippen LogP contribution in [0.3, 0.4) is 0 Å². The van der Waals surface area contributed by atoms with E-state index in [1.165, 1.54) is 6.20 Å². The summed E-state index contributed by atoms with van der Waals surface area (Å²) < 4.78 is 5.40. The van der Waals surface area contributed by atoms with Crippen molar-refractivity contribution in [2.24, 2.45) is 5.41 Å². The van der Waals surface area contributed by atoms with E-state index in [4.69, 9.17) is 15.0 Å². The Balaban J connectivity index is 1.69. The number of nitrogens with one attached hydrogen (secondary N) is 2. The third-order valence-electron chi connectivity index (χ3n) is 6.13. The molecule has 8 nitrogen and oxygen atoms in total. The van der Waals surface area contributed by atoms with Crippen LogP contribution in [-0.2, 0) is 10.3 Å². The molecule has 31 heavy (non-hydrogen) atoms. The summed E-state index contributed by atoms with van der Waals surface area (Å²) >= 11 is 0. The molecule has 0 unspecified atom stereocenters. The van der Waals surface area contributed by atoms with Crippen LogP contribution < -0.4 is 5.32 Å². The van der Waals surface area contributed by atoms with Gasteiger partial charge >= 0.3 is 0 Å². The maximum absolute atomic E-state index is 12.7. The molecule has 0 spiro atoms. The number of hydrogen-bond acceptors (Lipinski definition) is 6. The summed E-state index contributed by atoms with van der Waals surface area (Å²) in [6, 6.07) is 5.48. The largest absolute Gasteiger partial charge is 0.383 e. The van der Waals surface area contributed by atoms with Gasteiger partial charge in [-0.25, -0.2) is 9.97 Å². The molecule has 0 atom stereocenters. The van der Waals surface area contributed by atoms with E-state index in [1.54, 1.807) is 12.1 Å². The maximum Gasteiger partial charge on any atom is 0.291 e. The number of aromatic nitrogens is 3. The van der Waals surface area contributed by atoms with Gasteiger partial charge in [-0.2, -0.15) is 5.26 Å². The van der Waals surface area contributed by atoms with E-state index in [-0.39, 0.29) is 16.9 Å². The fourth-order valence-electron chi connectivity index (χ4n) is 4.00. The van der Waals surface area contributed by atoms with Crippen molar-refractivity contribution in [3.8, 4) is 6.07 Å². The predicted octanol–water partition coefficient (Wildman–Crippen LogP) is 3.52. The molecule has 1 saturated heterocycles. The average molecular weight is 422 g/mol. The Labute approximate surface area is 181 Å². The number of nitrogens with zero attached hydrogens (tertiary/aromatic N) is 3. The number of allylic oxidation sites excluding steroid dienone is 2. The normalized spacial score (nSPS) is 19.9. The monoisotopic (exact) mass is 421 g/mol. The molecule has 2 aromatic heterocycles. The number of H-pyrrole nitrogens is 1. The summed E-state index contributed by atoms with van der Waals surface area (Å²) in [5.74, 6) is -0.382. The molecule has 1 amide bonds. The topological polar surface area (TPSA) is 124 Å². The van der Waals surface area contributed by atoms with E-state index in [1.807, 2.05) is 6.07 Å². The SMILES string of the molecule is CC1(C)CC=C(c2nc(C3(O)CCOCC3)ccc2NC(=O)c2ncc(C#N)[nH]2)CC1. The zero-order valence-electron chi connectivity index (χ0n) is 17.9. The Hall–Kier alpha value is -3.02. The van der Waals surface area contributed by atoms with Crippen LogP contribution in [0.15, 0.2) is 24.4 Å². The standard InChI is InChI=1S/C23H27N5O3/c1-22(2)7-5-15(6-8-22)19-17(27-21(29)20-25-14-16(13-24)26-20)3-4-18(28-19)23(30)9-11-31-12-10-23/h3-5,14,30H,6-12H2,1-2H3,(H,25,26)(H,27,29). The smallest absolute Gasteiger partial charge is 0.291 e. The summed E-state index contributed by atoms with van der Waals surface area (Å²) in [4.78, 5) is 24.2. The first-order chi connectivity index (χ1) is 14.8. The average Bonchev–Trinajstić information content (AvgIpc) is 3.24. The van der Waals surface area contributed by atoms with Gasteiger partial charge in [0.05, 0.1) is 23.3 Å². The summed E-state index contributed by atoms with van der Waals surface area (Å²) in [5.41, 5.74) is 2.30. The van der Waals surface area contributed by atoms with Crippen LogP contribution >= 0.6 is 0 Å². The van der Waals surface area contributed by atoms with Crippen molar-refractivity contribution in [1.29, 1.82) is 5.26 Å². The van der Waals surface area contributed by atoms with Crippen LogP contribution in [0.2, 0.25) is 0 Å². The van der Waals surface area contributed by atoms with Gasteiger partial charge in [0, 0.05) is 26.1 Å². The molecule has 2 aromatic rings. The zero-order chi connectivity index (χ0) is 22.1. The number of rotatable bonds is 4. The van der Waals surface area contributed by atoms with Crippen LogP contribution in [0.1, 0.15) is 73.7 Å². The fraction of sp³-hybridized carbons (Fsp3) is 0.478. The molecule has 0 bridgehead atoms. The number of hydrogen-bond donors (Lipinski definition) is 3. The lowest BCUT2D eigenvalue weighted by Crippen LogP contribution is -2.34. The highest BCUT2D eigenvalue weighted by Crippen LogP contribution is 2.40. The number of aliphatic hydroxyl groups is 1. The van der Waals surface area contributed by atoms with E-state index >= 15 is 0 Å².